The Labute approximate surface area is 244 Å². The highest BCUT2D eigenvalue weighted by atomic mass is 32.2. The minimum absolute atomic E-state index is 0.330. The standard InChI is InChI=1S/C33H29N3O5S/c1-42(38,39)36(28-16-20-31(21-17-28)41-30-11-3-2-4-12-30)23-33(37)35-34-22-25-14-18-29(19-15-25)40-24-27-10-7-9-26-8-5-6-13-32(26)27/h2-22H,23-24H2,1H3,(H,35,37)/b34-22-. The molecule has 5 rings (SSSR count). The molecule has 0 atom stereocenters. The van der Waals surface area contributed by atoms with Gasteiger partial charge in [0.25, 0.3) is 5.91 Å². The lowest BCUT2D eigenvalue weighted by Crippen LogP contribution is -2.38. The Hall–Kier alpha value is -5.15. The summed E-state index contributed by atoms with van der Waals surface area (Å²) in [5, 5.41) is 6.30. The van der Waals surface area contributed by atoms with E-state index < -0.39 is 22.5 Å². The number of ether oxygens (including phenoxy) is 2. The van der Waals surface area contributed by atoms with Gasteiger partial charge in [-0.2, -0.15) is 5.10 Å². The van der Waals surface area contributed by atoms with Crippen LogP contribution in [-0.4, -0.2) is 33.3 Å². The van der Waals surface area contributed by atoms with E-state index in [2.05, 4.69) is 28.7 Å². The van der Waals surface area contributed by atoms with Crippen molar-refractivity contribution in [3.8, 4) is 17.2 Å². The summed E-state index contributed by atoms with van der Waals surface area (Å²) >= 11 is 0. The lowest BCUT2D eigenvalue weighted by molar-refractivity contribution is -0.119. The van der Waals surface area contributed by atoms with Gasteiger partial charge in [-0.1, -0.05) is 60.7 Å². The lowest BCUT2D eigenvalue weighted by atomic mass is 10.1. The molecule has 0 unspecified atom stereocenters. The van der Waals surface area contributed by atoms with Gasteiger partial charge in [0.05, 0.1) is 18.2 Å². The summed E-state index contributed by atoms with van der Waals surface area (Å²) in [5.74, 6) is 1.31. The molecule has 0 aliphatic carbocycles. The molecule has 0 spiro atoms. The number of benzene rings is 5. The molecule has 0 aromatic heterocycles. The Morgan fingerprint density at radius 3 is 2.17 bits per heavy atom. The van der Waals surface area contributed by atoms with Gasteiger partial charge < -0.3 is 9.47 Å². The van der Waals surface area contributed by atoms with Crippen molar-refractivity contribution in [2.24, 2.45) is 5.10 Å². The van der Waals surface area contributed by atoms with E-state index in [4.69, 9.17) is 9.47 Å². The van der Waals surface area contributed by atoms with Crippen molar-refractivity contribution in [2.45, 2.75) is 6.61 Å². The Morgan fingerprint density at radius 1 is 0.786 bits per heavy atom. The van der Waals surface area contributed by atoms with Crippen LogP contribution in [0.2, 0.25) is 0 Å². The van der Waals surface area contributed by atoms with Gasteiger partial charge in [-0.05, 0) is 82.6 Å². The molecule has 1 amide bonds. The van der Waals surface area contributed by atoms with Crippen molar-refractivity contribution in [2.75, 3.05) is 17.1 Å². The zero-order chi connectivity index (χ0) is 29.4. The molecule has 5 aromatic rings. The number of carbonyl (C=O) groups is 1. The molecule has 0 saturated heterocycles. The first-order valence-electron chi connectivity index (χ1n) is 13.2. The van der Waals surface area contributed by atoms with E-state index in [0.717, 1.165) is 27.1 Å². The first kappa shape index (κ1) is 28.4. The zero-order valence-electron chi connectivity index (χ0n) is 22.9. The van der Waals surface area contributed by atoms with Crippen molar-refractivity contribution in [3.63, 3.8) is 0 Å². The minimum Gasteiger partial charge on any atom is -0.489 e. The highest BCUT2D eigenvalue weighted by molar-refractivity contribution is 7.92. The van der Waals surface area contributed by atoms with E-state index in [1.54, 1.807) is 24.3 Å². The molecule has 9 heteroatoms. The second-order valence-electron chi connectivity index (χ2n) is 9.47. The van der Waals surface area contributed by atoms with Gasteiger partial charge in [-0.25, -0.2) is 13.8 Å². The van der Waals surface area contributed by atoms with Crippen LogP contribution in [0, 0.1) is 0 Å². The molecule has 0 fully saturated rings. The van der Waals surface area contributed by atoms with Crippen LogP contribution in [0.4, 0.5) is 5.69 Å². The fourth-order valence-corrected chi connectivity index (χ4v) is 5.14. The van der Waals surface area contributed by atoms with Crippen molar-refractivity contribution in [1.82, 2.24) is 5.43 Å². The number of carbonyl (C=O) groups excluding carboxylic acids is 1. The SMILES string of the molecule is CS(=O)(=O)N(CC(=O)N/N=C\c1ccc(OCc2cccc3ccccc23)cc1)c1ccc(Oc2ccccc2)cc1. The van der Waals surface area contributed by atoms with Crippen LogP contribution in [0.1, 0.15) is 11.1 Å². The number of hydrogen-bond acceptors (Lipinski definition) is 6. The van der Waals surface area contributed by atoms with Gasteiger partial charge in [0.1, 0.15) is 30.4 Å². The quantitative estimate of drug-likeness (QED) is 0.150. The molecular weight excluding hydrogens is 550 g/mol. The summed E-state index contributed by atoms with van der Waals surface area (Å²) in [6.07, 6.45) is 2.52. The summed E-state index contributed by atoms with van der Waals surface area (Å²) in [5.41, 5.74) is 4.56. The number of para-hydroxylation sites is 1. The van der Waals surface area contributed by atoms with Crippen LogP contribution < -0.4 is 19.2 Å². The molecule has 0 bridgehead atoms. The summed E-state index contributed by atoms with van der Waals surface area (Å²) in [7, 11) is -3.74. The van der Waals surface area contributed by atoms with Gasteiger partial charge in [0, 0.05) is 0 Å². The van der Waals surface area contributed by atoms with Gasteiger partial charge in [-0.15, -0.1) is 0 Å². The number of nitrogens with zero attached hydrogens (tertiary/aromatic N) is 2. The smallest absolute Gasteiger partial charge is 0.260 e. The molecule has 0 radical (unpaired) electrons. The minimum atomic E-state index is -3.74. The number of rotatable bonds is 11. The molecule has 42 heavy (non-hydrogen) atoms. The fraction of sp³-hybridized carbons (Fsp3) is 0.0909. The third kappa shape index (κ3) is 7.52. The molecule has 8 nitrogen and oxygen atoms in total. The monoisotopic (exact) mass is 579 g/mol. The van der Waals surface area contributed by atoms with Crippen LogP contribution >= 0.6 is 0 Å². The molecule has 0 aliphatic heterocycles. The molecule has 0 aliphatic rings. The molecule has 212 valence electrons. The van der Waals surface area contributed by atoms with Crippen LogP contribution in [-0.2, 0) is 21.4 Å². The second-order valence-corrected chi connectivity index (χ2v) is 11.4. The average Bonchev–Trinajstić information content (AvgIpc) is 3.00. The van der Waals surface area contributed by atoms with E-state index in [1.807, 2.05) is 78.9 Å². The van der Waals surface area contributed by atoms with Gasteiger partial charge >= 0.3 is 0 Å². The van der Waals surface area contributed by atoms with Gasteiger partial charge in [0.15, 0.2) is 0 Å². The van der Waals surface area contributed by atoms with Gasteiger partial charge in [0.2, 0.25) is 10.0 Å². The van der Waals surface area contributed by atoms with Crippen LogP contribution in [0.5, 0.6) is 17.2 Å². The number of nitrogens with one attached hydrogen (secondary N) is 1. The Bertz CT molecular complexity index is 1780. The Morgan fingerprint density at radius 2 is 1.43 bits per heavy atom. The van der Waals surface area contributed by atoms with Crippen LogP contribution in [0.15, 0.2) is 126 Å². The van der Waals surface area contributed by atoms with Crippen LogP contribution in [0.3, 0.4) is 0 Å². The predicted octanol–water partition coefficient (Wildman–Crippen LogP) is 6.13. The number of hydrogen-bond donors (Lipinski definition) is 1. The van der Waals surface area contributed by atoms with E-state index in [-0.39, 0.29) is 0 Å². The van der Waals surface area contributed by atoms with Gasteiger partial charge in [-0.3, -0.25) is 9.10 Å². The predicted molar refractivity (Wildman–Crippen MR) is 166 cm³/mol. The highest BCUT2D eigenvalue weighted by Gasteiger charge is 2.21. The number of anilines is 1. The zero-order valence-corrected chi connectivity index (χ0v) is 23.7. The van der Waals surface area contributed by atoms with E-state index in [1.165, 1.54) is 11.6 Å². The number of sulfonamides is 1. The third-order valence-electron chi connectivity index (χ3n) is 6.35. The largest absolute Gasteiger partial charge is 0.489 e. The maximum Gasteiger partial charge on any atom is 0.260 e. The Kier molecular flexibility index (Phi) is 8.79. The maximum absolute atomic E-state index is 12.6. The normalized spacial score (nSPS) is 11.4. The average molecular weight is 580 g/mol. The number of fused-ring (bicyclic) bond motifs is 1. The summed E-state index contributed by atoms with van der Waals surface area (Å²) < 4.78 is 37.6. The number of hydrazone groups is 1. The maximum atomic E-state index is 12.6. The molecule has 0 saturated carbocycles. The first-order chi connectivity index (χ1) is 20.3. The Balaban J connectivity index is 1.15. The number of amides is 1. The molecule has 1 N–H and O–H groups in total. The van der Waals surface area contributed by atoms with E-state index in [9.17, 15) is 13.2 Å². The summed E-state index contributed by atoms with van der Waals surface area (Å²) in [4.78, 5) is 12.6. The van der Waals surface area contributed by atoms with Crippen molar-refractivity contribution in [1.29, 1.82) is 0 Å². The second kappa shape index (κ2) is 13.0. The summed E-state index contributed by atoms with van der Waals surface area (Å²) in [6, 6.07) is 37.3. The fourth-order valence-electron chi connectivity index (χ4n) is 4.28. The van der Waals surface area contributed by atoms with Crippen molar-refractivity contribution < 1.29 is 22.7 Å². The first-order valence-corrected chi connectivity index (χ1v) is 15.0. The van der Waals surface area contributed by atoms with Crippen LogP contribution in [0.25, 0.3) is 10.8 Å². The highest BCUT2D eigenvalue weighted by Crippen LogP contribution is 2.25. The van der Waals surface area contributed by atoms with Crippen molar-refractivity contribution >= 4 is 38.6 Å². The van der Waals surface area contributed by atoms with E-state index >= 15 is 0 Å². The van der Waals surface area contributed by atoms with Crippen molar-refractivity contribution in [3.05, 3.63) is 132 Å². The molecule has 5 aromatic carbocycles. The molecular formula is C33H29N3O5S. The summed E-state index contributed by atoms with van der Waals surface area (Å²) in [6.45, 7) is 0.000465. The van der Waals surface area contributed by atoms with E-state index in [0.29, 0.717) is 29.5 Å². The molecule has 0 heterocycles. The lowest BCUT2D eigenvalue weighted by Gasteiger charge is -2.21. The topological polar surface area (TPSA) is 97.3 Å². The third-order valence-corrected chi connectivity index (χ3v) is 7.49.